The fraction of sp³-hybridized carbons (Fsp3) is 0. The molecule has 0 aliphatic carbocycles. The summed E-state index contributed by atoms with van der Waals surface area (Å²) in [6.45, 7) is 0. The van der Waals surface area contributed by atoms with E-state index in [9.17, 15) is 0 Å². The molecule has 0 spiro atoms. The highest BCUT2D eigenvalue weighted by Gasteiger charge is 2.04. The molecule has 0 aliphatic heterocycles. The van der Waals surface area contributed by atoms with Gasteiger partial charge in [-0.25, -0.2) is 0 Å². The van der Waals surface area contributed by atoms with Crippen LogP contribution in [-0.4, -0.2) is 12.7 Å². The lowest BCUT2D eigenvalue weighted by atomic mass is 10.3. The minimum Gasteiger partial charge on any atom is -0.537 e. The van der Waals surface area contributed by atoms with Gasteiger partial charge < -0.3 is 9.68 Å². The smallest absolute Gasteiger partial charge is 0.504 e. The van der Waals surface area contributed by atoms with Gasteiger partial charge in [-0.15, -0.1) is 0 Å². The summed E-state index contributed by atoms with van der Waals surface area (Å²) in [7, 11) is -0.427. The third kappa shape index (κ3) is 2.02. The Morgan fingerprint density at radius 2 is 1.82 bits per heavy atom. The molecule has 58 valence electrons. The van der Waals surface area contributed by atoms with Crippen LogP contribution in [0.15, 0.2) is 18.2 Å². The van der Waals surface area contributed by atoms with Crippen LogP contribution in [0, 0.1) is 0 Å². The molecule has 1 N–H and O–H groups in total. The highest BCUT2D eigenvalue weighted by atomic mass is 35.5. The van der Waals surface area contributed by atoms with Crippen LogP contribution in [0.3, 0.4) is 0 Å². The second-order valence-electron chi connectivity index (χ2n) is 1.82. The van der Waals surface area contributed by atoms with Crippen LogP contribution >= 0.6 is 23.2 Å². The Hall–Kier alpha value is -0.375. The van der Waals surface area contributed by atoms with E-state index >= 15 is 0 Å². The lowest BCUT2D eigenvalue weighted by Crippen LogP contribution is -2.00. The highest BCUT2D eigenvalue weighted by molar-refractivity contribution is 6.37. The quantitative estimate of drug-likeness (QED) is 0.719. The molecule has 2 nitrogen and oxygen atoms in total. The van der Waals surface area contributed by atoms with Crippen molar-refractivity contribution in [2.45, 2.75) is 0 Å². The molecule has 0 aromatic heterocycles. The van der Waals surface area contributed by atoms with Gasteiger partial charge >= 0.3 is 7.69 Å². The Morgan fingerprint density at radius 1 is 1.27 bits per heavy atom. The van der Waals surface area contributed by atoms with Crippen molar-refractivity contribution in [2.24, 2.45) is 0 Å². The third-order valence-electron chi connectivity index (χ3n) is 1.13. The van der Waals surface area contributed by atoms with Gasteiger partial charge in [-0.3, -0.25) is 0 Å². The summed E-state index contributed by atoms with van der Waals surface area (Å²) in [4.78, 5) is 0. The van der Waals surface area contributed by atoms with E-state index in [1.54, 1.807) is 18.2 Å². The van der Waals surface area contributed by atoms with E-state index in [4.69, 9.17) is 32.9 Å². The zero-order valence-corrected chi connectivity index (χ0v) is 7.06. The summed E-state index contributed by atoms with van der Waals surface area (Å²) in [5.74, 6) is 0.318. The monoisotopic (exact) mass is 190 g/mol. The highest BCUT2D eigenvalue weighted by Crippen LogP contribution is 2.31. The molecule has 0 saturated heterocycles. The predicted octanol–water partition coefficient (Wildman–Crippen LogP) is 1.63. The van der Waals surface area contributed by atoms with E-state index in [0.29, 0.717) is 15.8 Å². The average molecular weight is 191 g/mol. The number of para-hydroxylation sites is 1. The van der Waals surface area contributed by atoms with Crippen molar-refractivity contribution in [3.63, 3.8) is 0 Å². The van der Waals surface area contributed by atoms with Crippen LogP contribution in [0.4, 0.5) is 0 Å². The maximum Gasteiger partial charge on any atom is 0.504 e. The molecule has 0 bridgehead atoms. The molecule has 5 heteroatoms. The number of rotatable bonds is 2. The summed E-state index contributed by atoms with van der Waals surface area (Å²) in [6.07, 6.45) is 0. The van der Waals surface area contributed by atoms with E-state index in [-0.39, 0.29) is 0 Å². The number of hydrogen-bond donors (Lipinski definition) is 1. The second kappa shape index (κ2) is 3.86. The maximum atomic E-state index is 8.43. The first-order chi connectivity index (χ1) is 5.25. The molecular weight excluding hydrogens is 186 g/mol. The zero-order valence-electron chi connectivity index (χ0n) is 5.55. The molecule has 0 radical (unpaired) electrons. The van der Waals surface area contributed by atoms with Gasteiger partial charge in [0.2, 0.25) is 0 Å². The van der Waals surface area contributed by atoms with Crippen molar-refractivity contribution in [1.29, 1.82) is 0 Å². The van der Waals surface area contributed by atoms with Gasteiger partial charge in [0, 0.05) is 0 Å². The van der Waals surface area contributed by atoms with E-state index in [1.165, 1.54) is 0 Å². The van der Waals surface area contributed by atoms with E-state index in [0.717, 1.165) is 0 Å². The van der Waals surface area contributed by atoms with Crippen molar-refractivity contribution in [3.05, 3.63) is 28.2 Å². The molecule has 0 atom stereocenters. The van der Waals surface area contributed by atoms with Gasteiger partial charge in [0.25, 0.3) is 0 Å². The summed E-state index contributed by atoms with van der Waals surface area (Å²) in [5, 5.41) is 9.22. The number of hydrogen-bond acceptors (Lipinski definition) is 2. The largest absolute Gasteiger partial charge is 0.537 e. The average Bonchev–Trinajstić information content (AvgIpc) is 1.97. The number of benzene rings is 1. The lowest BCUT2D eigenvalue weighted by Gasteiger charge is -2.05. The van der Waals surface area contributed by atoms with Crippen LogP contribution in [-0.2, 0) is 0 Å². The van der Waals surface area contributed by atoms with Crippen molar-refractivity contribution in [1.82, 2.24) is 0 Å². The first kappa shape index (κ1) is 8.72. The van der Waals surface area contributed by atoms with Gasteiger partial charge in [0.05, 0.1) is 10.0 Å². The van der Waals surface area contributed by atoms with Gasteiger partial charge in [-0.05, 0) is 12.1 Å². The minimum absolute atomic E-state index is 0.318. The molecule has 0 amide bonds. The maximum absolute atomic E-state index is 8.43. The van der Waals surface area contributed by atoms with Gasteiger partial charge in [-0.1, -0.05) is 29.3 Å². The van der Waals surface area contributed by atoms with Gasteiger partial charge in [0.1, 0.15) is 5.75 Å². The van der Waals surface area contributed by atoms with Crippen molar-refractivity contribution >= 4 is 30.9 Å². The fourth-order valence-corrected chi connectivity index (χ4v) is 1.19. The standard InChI is InChI=1S/C6H5BCl2O2/c8-4-2-1-3-5(9)6(4)11-7-10/h1-3,7,10H. The van der Waals surface area contributed by atoms with Gasteiger partial charge in [0.15, 0.2) is 0 Å². The molecule has 0 unspecified atom stereocenters. The fourth-order valence-electron chi connectivity index (χ4n) is 0.685. The van der Waals surface area contributed by atoms with Crippen LogP contribution in [0.1, 0.15) is 0 Å². The molecule has 0 saturated carbocycles. The molecule has 1 aromatic carbocycles. The summed E-state index contributed by atoms with van der Waals surface area (Å²) in [5.41, 5.74) is 0. The summed E-state index contributed by atoms with van der Waals surface area (Å²) in [6, 6.07) is 4.98. The first-order valence-electron chi connectivity index (χ1n) is 2.93. The Balaban J connectivity index is 3.00. The van der Waals surface area contributed by atoms with Gasteiger partial charge in [-0.2, -0.15) is 0 Å². The molecular formula is C6H5BCl2O2. The van der Waals surface area contributed by atoms with Crippen LogP contribution in [0.2, 0.25) is 10.0 Å². The van der Waals surface area contributed by atoms with Crippen molar-refractivity contribution in [2.75, 3.05) is 0 Å². The minimum atomic E-state index is -0.427. The zero-order chi connectivity index (χ0) is 8.27. The molecule has 1 rings (SSSR count). The topological polar surface area (TPSA) is 29.5 Å². The molecule has 0 fully saturated rings. The molecule has 0 aliphatic rings. The van der Waals surface area contributed by atoms with E-state index in [1.807, 2.05) is 0 Å². The predicted molar refractivity (Wildman–Crippen MR) is 46.5 cm³/mol. The van der Waals surface area contributed by atoms with Crippen LogP contribution in [0.25, 0.3) is 0 Å². The summed E-state index contributed by atoms with van der Waals surface area (Å²) < 4.78 is 4.76. The Morgan fingerprint density at radius 3 is 2.27 bits per heavy atom. The molecule has 0 heterocycles. The van der Waals surface area contributed by atoms with E-state index < -0.39 is 7.69 Å². The van der Waals surface area contributed by atoms with Crippen LogP contribution < -0.4 is 4.65 Å². The first-order valence-corrected chi connectivity index (χ1v) is 3.69. The second-order valence-corrected chi connectivity index (χ2v) is 2.64. The lowest BCUT2D eigenvalue weighted by molar-refractivity contribution is 0.454. The third-order valence-corrected chi connectivity index (χ3v) is 1.72. The Labute approximate surface area is 75.0 Å². The normalized spacial score (nSPS) is 9.36. The van der Waals surface area contributed by atoms with Crippen molar-refractivity contribution in [3.8, 4) is 5.75 Å². The summed E-state index contributed by atoms with van der Waals surface area (Å²) >= 11 is 11.4. The molecule has 1 aromatic rings. The Bertz CT molecular complexity index is 234. The van der Waals surface area contributed by atoms with E-state index in [2.05, 4.69) is 0 Å². The molecule has 11 heavy (non-hydrogen) atoms. The SMILES string of the molecule is OBOc1c(Cl)cccc1Cl. The van der Waals surface area contributed by atoms with Crippen molar-refractivity contribution < 1.29 is 9.68 Å². The number of halogens is 2. The Kier molecular flexibility index (Phi) is 3.06. The van der Waals surface area contributed by atoms with Crippen LogP contribution in [0.5, 0.6) is 5.75 Å².